The van der Waals surface area contributed by atoms with Crippen LogP contribution in [0, 0.1) is 19.8 Å². The highest BCUT2D eigenvalue weighted by Crippen LogP contribution is 2.35. The molecule has 1 fully saturated rings. The van der Waals surface area contributed by atoms with Crippen LogP contribution in [0.5, 0.6) is 11.5 Å². The Labute approximate surface area is 186 Å². The van der Waals surface area contributed by atoms with Crippen molar-refractivity contribution in [1.82, 2.24) is 15.3 Å². The number of ether oxygens (including phenoxy) is 2. The molecule has 1 aromatic carbocycles. The van der Waals surface area contributed by atoms with Crippen LogP contribution in [0.15, 0.2) is 24.5 Å². The summed E-state index contributed by atoms with van der Waals surface area (Å²) in [5.74, 6) is 2.52. The predicted octanol–water partition coefficient (Wildman–Crippen LogP) is 3.86. The van der Waals surface area contributed by atoms with Crippen LogP contribution < -0.4 is 19.7 Å². The zero-order valence-electron chi connectivity index (χ0n) is 18.4. The van der Waals surface area contributed by atoms with Gasteiger partial charge < -0.3 is 19.7 Å². The normalized spacial score (nSPS) is 14.6. The van der Waals surface area contributed by atoms with Gasteiger partial charge in [-0.3, -0.25) is 4.79 Å². The molecule has 2 aromatic heterocycles. The van der Waals surface area contributed by atoms with E-state index in [-0.39, 0.29) is 11.8 Å². The summed E-state index contributed by atoms with van der Waals surface area (Å²) in [7, 11) is 3.24. The minimum Gasteiger partial charge on any atom is -0.497 e. The molecular formula is C23H28N4O3S. The first-order valence-corrected chi connectivity index (χ1v) is 11.3. The van der Waals surface area contributed by atoms with Gasteiger partial charge >= 0.3 is 0 Å². The number of hydrogen-bond acceptors (Lipinski definition) is 7. The number of aryl methyl sites for hydroxylation is 2. The molecule has 1 aliphatic rings. The van der Waals surface area contributed by atoms with Crippen LogP contribution in [-0.2, 0) is 11.3 Å². The van der Waals surface area contributed by atoms with Gasteiger partial charge in [-0.05, 0) is 49.9 Å². The van der Waals surface area contributed by atoms with Crippen LogP contribution in [0.2, 0.25) is 0 Å². The molecule has 31 heavy (non-hydrogen) atoms. The minimum absolute atomic E-state index is 0.00592. The van der Waals surface area contributed by atoms with Gasteiger partial charge in [-0.1, -0.05) is 0 Å². The molecule has 0 unspecified atom stereocenters. The fourth-order valence-corrected chi connectivity index (χ4v) is 5.05. The molecule has 3 aromatic rings. The van der Waals surface area contributed by atoms with Gasteiger partial charge in [-0.2, -0.15) is 0 Å². The predicted molar refractivity (Wildman–Crippen MR) is 123 cm³/mol. The van der Waals surface area contributed by atoms with Crippen molar-refractivity contribution in [3.63, 3.8) is 0 Å². The third-order valence-electron chi connectivity index (χ3n) is 5.99. The van der Waals surface area contributed by atoms with E-state index in [0.29, 0.717) is 18.0 Å². The Kier molecular flexibility index (Phi) is 6.27. The van der Waals surface area contributed by atoms with Crippen molar-refractivity contribution in [2.24, 2.45) is 5.92 Å². The molecule has 0 atom stereocenters. The van der Waals surface area contributed by atoms with E-state index in [2.05, 4.69) is 34.0 Å². The number of nitrogens with one attached hydrogen (secondary N) is 1. The zero-order chi connectivity index (χ0) is 22.0. The van der Waals surface area contributed by atoms with Gasteiger partial charge in [0.05, 0.1) is 19.6 Å². The van der Waals surface area contributed by atoms with Crippen LogP contribution in [0.4, 0.5) is 5.82 Å². The first-order chi connectivity index (χ1) is 15.0. The molecule has 0 radical (unpaired) electrons. The number of hydrogen-bond donors (Lipinski definition) is 1. The second-order valence-corrected chi connectivity index (χ2v) is 9.06. The van der Waals surface area contributed by atoms with Gasteiger partial charge in [-0.25, -0.2) is 9.97 Å². The maximum atomic E-state index is 12.8. The van der Waals surface area contributed by atoms with Gasteiger partial charge in [0.15, 0.2) is 0 Å². The number of benzene rings is 1. The van der Waals surface area contributed by atoms with E-state index in [1.165, 1.54) is 10.4 Å². The Balaban J connectivity index is 1.38. The highest BCUT2D eigenvalue weighted by Gasteiger charge is 2.27. The Hall–Kier alpha value is -2.87. The number of piperidine rings is 1. The van der Waals surface area contributed by atoms with Crippen molar-refractivity contribution < 1.29 is 14.3 Å². The van der Waals surface area contributed by atoms with Crippen LogP contribution >= 0.6 is 11.3 Å². The highest BCUT2D eigenvalue weighted by molar-refractivity contribution is 7.18. The summed E-state index contributed by atoms with van der Waals surface area (Å²) < 4.78 is 10.6. The highest BCUT2D eigenvalue weighted by atomic mass is 32.1. The molecule has 7 nitrogen and oxygen atoms in total. The molecule has 1 amide bonds. The van der Waals surface area contributed by atoms with Crippen molar-refractivity contribution in [3.05, 3.63) is 40.5 Å². The quantitative estimate of drug-likeness (QED) is 0.627. The molecule has 0 bridgehead atoms. The fraction of sp³-hybridized carbons (Fsp3) is 0.435. The summed E-state index contributed by atoms with van der Waals surface area (Å²) in [6.45, 7) is 6.33. The number of methoxy groups -OCH3 is 2. The van der Waals surface area contributed by atoms with Gasteiger partial charge in [-0.15, -0.1) is 11.3 Å². The Morgan fingerprint density at radius 1 is 1.13 bits per heavy atom. The van der Waals surface area contributed by atoms with Crippen LogP contribution in [0.1, 0.15) is 28.8 Å². The molecule has 164 valence electrons. The summed E-state index contributed by atoms with van der Waals surface area (Å²) in [5.41, 5.74) is 2.21. The lowest BCUT2D eigenvalue weighted by Crippen LogP contribution is -2.40. The molecule has 1 N–H and O–H groups in total. The van der Waals surface area contributed by atoms with Crippen molar-refractivity contribution >= 4 is 33.3 Å². The van der Waals surface area contributed by atoms with Crippen LogP contribution in [0.25, 0.3) is 10.2 Å². The fourth-order valence-electron chi connectivity index (χ4n) is 4.06. The van der Waals surface area contributed by atoms with Gasteiger partial charge in [0, 0.05) is 36.5 Å². The van der Waals surface area contributed by atoms with Crippen molar-refractivity contribution in [2.45, 2.75) is 33.2 Å². The Morgan fingerprint density at radius 3 is 2.45 bits per heavy atom. The summed E-state index contributed by atoms with van der Waals surface area (Å²) in [4.78, 5) is 26.4. The average molecular weight is 441 g/mol. The molecule has 1 saturated heterocycles. The van der Waals surface area contributed by atoms with E-state index < -0.39 is 0 Å². The standard InChI is InChI=1S/C23H28N4O3S/c1-14-15(2)31-23-20(14)21(25-13-26-23)27-7-5-17(6-8-27)22(28)24-12-16-9-18(29-3)11-19(10-16)30-4/h9-11,13,17H,5-8,12H2,1-4H3,(H,24,28). The third-order valence-corrected chi connectivity index (χ3v) is 7.10. The summed E-state index contributed by atoms with van der Waals surface area (Å²) in [5, 5.41) is 4.23. The van der Waals surface area contributed by atoms with Gasteiger partial charge in [0.1, 0.15) is 28.5 Å². The zero-order valence-corrected chi connectivity index (χ0v) is 19.2. The smallest absolute Gasteiger partial charge is 0.223 e. The molecule has 4 rings (SSSR count). The maximum absolute atomic E-state index is 12.8. The number of rotatable bonds is 6. The second kappa shape index (κ2) is 9.09. The molecular weight excluding hydrogens is 412 g/mol. The minimum atomic E-state index is 0.00592. The van der Waals surface area contributed by atoms with Crippen molar-refractivity contribution in [1.29, 1.82) is 0 Å². The number of amides is 1. The Bertz CT molecular complexity index is 1070. The van der Waals surface area contributed by atoms with Gasteiger partial charge in [0.2, 0.25) is 5.91 Å². The van der Waals surface area contributed by atoms with Crippen LogP contribution in [0.3, 0.4) is 0 Å². The second-order valence-electron chi connectivity index (χ2n) is 7.86. The van der Waals surface area contributed by atoms with E-state index in [0.717, 1.165) is 47.5 Å². The van der Waals surface area contributed by atoms with E-state index in [9.17, 15) is 4.79 Å². The molecule has 8 heteroatoms. The molecule has 0 spiro atoms. The number of fused-ring (bicyclic) bond motifs is 1. The number of thiophene rings is 1. The largest absolute Gasteiger partial charge is 0.497 e. The molecule has 0 saturated carbocycles. The third kappa shape index (κ3) is 4.44. The van der Waals surface area contributed by atoms with Crippen molar-refractivity contribution in [2.75, 3.05) is 32.2 Å². The lowest BCUT2D eigenvalue weighted by molar-refractivity contribution is -0.125. The summed E-state index contributed by atoms with van der Waals surface area (Å²) >= 11 is 1.71. The summed E-state index contributed by atoms with van der Waals surface area (Å²) in [6.07, 6.45) is 3.26. The lowest BCUT2D eigenvalue weighted by Gasteiger charge is -2.32. The van der Waals surface area contributed by atoms with E-state index in [1.807, 2.05) is 18.2 Å². The number of carbonyl (C=O) groups excluding carboxylic acids is 1. The van der Waals surface area contributed by atoms with Gasteiger partial charge in [0.25, 0.3) is 0 Å². The van der Waals surface area contributed by atoms with Crippen LogP contribution in [-0.4, -0.2) is 43.2 Å². The first-order valence-electron chi connectivity index (χ1n) is 10.5. The average Bonchev–Trinajstić information content (AvgIpc) is 3.10. The molecule has 0 aliphatic carbocycles. The number of carbonyl (C=O) groups is 1. The van der Waals surface area contributed by atoms with E-state index in [4.69, 9.17) is 9.47 Å². The monoisotopic (exact) mass is 440 g/mol. The lowest BCUT2D eigenvalue weighted by atomic mass is 9.95. The summed E-state index contributed by atoms with van der Waals surface area (Å²) in [6, 6.07) is 5.65. The number of aromatic nitrogens is 2. The van der Waals surface area contributed by atoms with E-state index in [1.54, 1.807) is 31.9 Å². The van der Waals surface area contributed by atoms with E-state index >= 15 is 0 Å². The topological polar surface area (TPSA) is 76.6 Å². The SMILES string of the molecule is COc1cc(CNC(=O)C2CCN(c3ncnc4sc(C)c(C)c34)CC2)cc(OC)c1. The van der Waals surface area contributed by atoms with Crippen molar-refractivity contribution in [3.8, 4) is 11.5 Å². The molecule has 3 heterocycles. The maximum Gasteiger partial charge on any atom is 0.223 e. The molecule has 1 aliphatic heterocycles. The number of anilines is 1. The Morgan fingerprint density at radius 2 is 1.81 bits per heavy atom. The first kappa shape index (κ1) is 21.4. The number of nitrogens with zero attached hydrogens (tertiary/aromatic N) is 3.